The van der Waals surface area contributed by atoms with E-state index in [9.17, 15) is 8.78 Å². The summed E-state index contributed by atoms with van der Waals surface area (Å²) in [7, 11) is 0. The van der Waals surface area contributed by atoms with Crippen molar-refractivity contribution in [2.45, 2.75) is 59.4 Å². The van der Waals surface area contributed by atoms with Crippen LogP contribution < -0.4 is 5.32 Å². The number of benzene rings is 1. The molecule has 0 fully saturated rings. The first kappa shape index (κ1) is 17.1. The topological polar surface area (TPSA) is 12.0 Å². The van der Waals surface area contributed by atoms with Crippen molar-refractivity contribution in [3.63, 3.8) is 0 Å². The molecule has 1 N–H and O–H groups in total. The number of rotatable bonds is 6. The highest BCUT2D eigenvalue weighted by molar-refractivity contribution is 5.20. The van der Waals surface area contributed by atoms with E-state index in [1.807, 2.05) is 0 Å². The lowest BCUT2D eigenvalue weighted by molar-refractivity contribution is 0.241. The van der Waals surface area contributed by atoms with Crippen LogP contribution in [0.2, 0.25) is 0 Å². The first-order chi connectivity index (χ1) is 9.17. The normalized spacial score (nSPS) is 15.2. The molecule has 0 aliphatic heterocycles. The van der Waals surface area contributed by atoms with Crippen LogP contribution >= 0.6 is 0 Å². The lowest BCUT2D eigenvalue weighted by Gasteiger charge is -2.34. The first-order valence-corrected chi connectivity index (χ1v) is 7.35. The van der Waals surface area contributed by atoms with E-state index in [1.54, 1.807) is 12.1 Å². The Morgan fingerprint density at radius 1 is 1.10 bits per heavy atom. The summed E-state index contributed by atoms with van der Waals surface area (Å²) >= 11 is 0. The Morgan fingerprint density at radius 3 is 2.30 bits per heavy atom. The molecule has 0 amide bonds. The lowest BCUT2D eigenvalue weighted by atomic mass is 9.79. The van der Waals surface area contributed by atoms with Crippen molar-refractivity contribution in [3.8, 4) is 0 Å². The van der Waals surface area contributed by atoms with E-state index in [0.717, 1.165) is 19.4 Å². The van der Waals surface area contributed by atoms with Gasteiger partial charge in [-0.05, 0) is 50.7 Å². The fraction of sp³-hybridized carbons (Fsp3) is 0.647. The molecule has 0 bridgehead atoms. The van der Waals surface area contributed by atoms with Crippen molar-refractivity contribution in [1.82, 2.24) is 5.32 Å². The van der Waals surface area contributed by atoms with Gasteiger partial charge in [-0.25, -0.2) is 8.78 Å². The van der Waals surface area contributed by atoms with Crippen molar-refractivity contribution in [2.24, 2.45) is 5.41 Å². The Bertz CT molecular complexity index is 437. The summed E-state index contributed by atoms with van der Waals surface area (Å²) in [6, 6.07) is 4.43. The predicted octanol–water partition coefficient (Wildman–Crippen LogP) is 4.70. The third kappa shape index (κ3) is 5.20. The van der Waals surface area contributed by atoms with Gasteiger partial charge in [-0.15, -0.1) is 0 Å². The van der Waals surface area contributed by atoms with Gasteiger partial charge in [0.05, 0.1) is 0 Å². The molecular formula is C17H27F2N. The van der Waals surface area contributed by atoms with E-state index >= 15 is 0 Å². The molecule has 1 aromatic carbocycles. The molecular weight excluding hydrogens is 256 g/mol. The molecule has 3 heteroatoms. The van der Waals surface area contributed by atoms with Crippen LogP contribution in [0.25, 0.3) is 0 Å². The minimum absolute atomic E-state index is 0.0233. The van der Waals surface area contributed by atoms with E-state index in [1.165, 1.54) is 6.07 Å². The van der Waals surface area contributed by atoms with Crippen LogP contribution in [0, 0.1) is 17.0 Å². The zero-order valence-electron chi connectivity index (χ0n) is 13.3. The zero-order chi connectivity index (χ0) is 15.4. The summed E-state index contributed by atoms with van der Waals surface area (Å²) in [4.78, 5) is 0. The standard InChI is InChI=1S/C17H27F2N/c1-6-10-17(5,12-20-16(2,3)4)11-13-8-7-9-14(18)15(13)19/h7-9,20H,6,10-12H2,1-5H3. The van der Waals surface area contributed by atoms with E-state index in [2.05, 4.69) is 39.9 Å². The summed E-state index contributed by atoms with van der Waals surface area (Å²) in [6.07, 6.45) is 2.55. The predicted molar refractivity (Wildman–Crippen MR) is 80.8 cm³/mol. The molecule has 0 radical (unpaired) electrons. The van der Waals surface area contributed by atoms with Gasteiger partial charge < -0.3 is 5.32 Å². The Hall–Kier alpha value is -0.960. The Morgan fingerprint density at radius 2 is 1.75 bits per heavy atom. The van der Waals surface area contributed by atoms with Gasteiger partial charge in [0.25, 0.3) is 0 Å². The zero-order valence-corrected chi connectivity index (χ0v) is 13.3. The number of hydrogen-bond donors (Lipinski definition) is 1. The highest BCUT2D eigenvalue weighted by atomic mass is 19.2. The van der Waals surface area contributed by atoms with Gasteiger partial charge >= 0.3 is 0 Å². The van der Waals surface area contributed by atoms with Gasteiger partial charge in [-0.3, -0.25) is 0 Å². The molecule has 0 spiro atoms. The second-order valence-corrected chi connectivity index (χ2v) is 7.05. The van der Waals surface area contributed by atoms with Gasteiger partial charge in [0.1, 0.15) is 0 Å². The first-order valence-electron chi connectivity index (χ1n) is 7.35. The maximum absolute atomic E-state index is 13.9. The van der Waals surface area contributed by atoms with Crippen LogP contribution in [0.4, 0.5) is 8.78 Å². The molecule has 1 unspecified atom stereocenters. The molecule has 0 aromatic heterocycles. The quantitative estimate of drug-likeness (QED) is 0.798. The van der Waals surface area contributed by atoms with Gasteiger partial charge in [-0.2, -0.15) is 0 Å². The lowest BCUT2D eigenvalue weighted by Crippen LogP contribution is -2.43. The number of hydrogen-bond acceptors (Lipinski definition) is 1. The Kier molecular flexibility index (Phi) is 5.69. The van der Waals surface area contributed by atoms with Crippen molar-refractivity contribution >= 4 is 0 Å². The minimum Gasteiger partial charge on any atom is -0.312 e. The summed E-state index contributed by atoms with van der Waals surface area (Å²) in [6.45, 7) is 11.4. The minimum atomic E-state index is -0.759. The highest BCUT2D eigenvalue weighted by Gasteiger charge is 2.27. The molecule has 20 heavy (non-hydrogen) atoms. The Balaban J connectivity index is 2.87. The molecule has 1 aromatic rings. The molecule has 1 nitrogen and oxygen atoms in total. The van der Waals surface area contributed by atoms with E-state index in [4.69, 9.17) is 0 Å². The van der Waals surface area contributed by atoms with Crippen LogP contribution in [-0.2, 0) is 6.42 Å². The van der Waals surface area contributed by atoms with E-state index in [-0.39, 0.29) is 11.0 Å². The average Bonchev–Trinajstić information content (AvgIpc) is 2.32. The second kappa shape index (κ2) is 6.66. The van der Waals surface area contributed by atoms with Crippen LogP contribution in [0.3, 0.4) is 0 Å². The fourth-order valence-electron chi connectivity index (χ4n) is 2.47. The maximum atomic E-state index is 13.9. The van der Waals surface area contributed by atoms with Crippen LogP contribution in [0.5, 0.6) is 0 Å². The number of halogens is 2. The smallest absolute Gasteiger partial charge is 0.162 e. The second-order valence-electron chi connectivity index (χ2n) is 7.05. The molecule has 0 aliphatic carbocycles. The van der Waals surface area contributed by atoms with Crippen molar-refractivity contribution in [2.75, 3.05) is 6.54 Å². The molecule has 0 aliphatic rings. The van der Waals surface area contributed by atoms with Gasteiger partial charge in [0.2, 0.25) is 0 Å². The van der Waals surface area contributed by atoms with E-state index < -0.39 is 11.6 Å². The van der Waals surface area contributed by atoms with E-state index in [0.29, 0.717) is 12.0 Å². The third-order valence-electron chi connectivity index (χ3n) is 3.55. The SMILES string of the molecule is CCCC(C)(CNC(C)(C)C)Cc1cccc(F)c1F. The van der Waals surface area contributed by atoms with Gasteiger partial charge in [0, 0.05) is 12.1 Å². The van der Waals surface area contributed by atoms with Crippen LogP contribution in [0.15, 0.2) is 18.2 Å². The third-order valence-corrected chi connectivity index (χ3v) is 3.55. The number of nitrogens with one attached hydrogen (secondary N) is 1. The van der Waals surface area contributed by atoms with Crippen molar-refractivity contribution in [3.05, 3.63) is 35.4 Å². The molecule has 1 atom stereocenters. The largest absolute Gasteiger partial charge is 0.312 e. The summed E-state index contributed by atoms with van der Waals surface area (Å²) in [5.74, 6) is -1.46. The van der Waals surface area contributed by atoms with Crippen LogP contribution in [-0.4, -0.2) is 12.1 Å². The Labute approximate surface area is 121 Å². The fourth-order valence-corrected chi connectivity index (χ4v) is 2.47. The van der Waals surface area contributed by atoms with Crippen molar-refractivity contribution in [1.29, 1.82) is 0 Å². The van der Waals surface area contributed by atoms with Gasteiger partial charge in [0.15, 0.2) is 11.6 Å². The summed E-state index contributed by atoms with van der Waals surface area (Å²) < 4.78 is 27.2. The molecule has 1 rings (SSSR count). The molecule has 0 saturated heterocycles. The highest BCUT2D eigenvalue weighted by Crippen LogP contribution is 2.29. The monoisotopic (exact) mass is 283 g/mol. The molecule has 0 heterocycles. The van der Waals surface area contributed by atoms with Crippen LogP contribution in [0.1, 0.15) is 53.0 Å². The molecule has 0 saturated carbocycles. The molecule has 114 valence electrons. The average molecular weight is 283 g/mol. The maximum Gasteiger partial charge on any atom is 0.162 e. The summed E-state index contributed by atoms with van der Waals surface area (Å²) in [5.41, 5.74) is 0.420. The summed E-state index contributed by atoms with van der Waals surface area (Å²) in [5, 5.41) is 3.49. The van der Waals surface area contributed by atoms with Crippen molar-refractivity contribution < 1.29 is 8.78 Å². The van der Waals surface area contributed by atoms with Gasteiger partial charge in [-0.1, -0.05) is 32.4 Å².